The van der Waals surface area contributed by atoms with Crippen molar-refractivity contribution >= 4 is 34.5 Å². The van der Waals surface area contributed by atoms with Crippen molar-refractivity contribution in [3.05, 3.63) is 90.9 Å². The van der Waals surface area contributed by atoms with Gasteiger partial charge in [-0.05, 0) is 36.8 Å². The summed E-state index contributed by atoms with van der Waals surface area (Å²) >= 11 is 0. The van der Waals surface area contributed by atoms with E-state index in [1.54, 1.807) is 31.2 Å². The number of amides is 1. The van der Waals surface area contributed by atoms with Gasteiger partial charge >= 0.3 is 0 Å². The van der Waals surface area contributed by atoms with Gasteiger partial charge in [-0.1, -0.05) is 12.1 Å². The summed E-state index contributed by atoms with van der Waals surface area (Å²) in [6.07, 6.45) is 1.30. The third-order valence-corrected chi connectivity index (χ3v) is 4.85. The molecule has 1 amide bonds. The van der Waals surface area contributed by atoms with Gasteiger partial charge in [0.1, 0.15) is 6.07 Å². The average Bonchev–Trinajstić information content (AvgIpc) is 3.15. The lowest BCUT2D eigenvalue weighted by molar-refractivity contribution is -0.384. The van der Waals surface area contributed by atoms with Crippen molar-refractivity contribution < 1.29 is 9.72 Å². The summed E-state index contributed by atoms with van der Waals surface area (Å²) in [6, 6.07) is 14.2. The maximum atomic E-state index is 13.1. The molecule has 2 N–H and O–H groups in total. The summed E-state index contributed by atoms with van der Waals surface area (Å²) in [4.78, 5) is 39.9. The highest BCUT2D eigenvalue weighted by Crippen LogP contribution is 2.17. The van der Waals surface area contributed by atoms with Crippen LogP contribution < -0.4 is 21.6 Å². The van der Waals surface area contributed by atoms with Crippen LogP contribution in [0.15, 0.2) is 53.3 Å². The van der Waals surface area contributed by atoms with Crippen molar-refractivity contribution in [3.8, 4) is 6.07 Å². The van der Waals surface area contributed by atoms with E-state index in [9.17, 15) is 25.0 Å². The first-order valence-corrected chi connectivity index (χ1v) is 9.06. The normalized spacial score (nSPS) is 11.4. The first-order chi connectivity index (χ1) is 14.9. The van der Waals surface area contributed by atoms with Crippen molar-refractivity contribution in [1.82, 2.24) is 20.2 Å². The number of hydrogen-bond donors (Lipinski definition) is 2. The van der Waals surface area contributed by atoms with E-state index in [0.29, 0.717) is 16.6 Å². The van der Waals surface area contributed by atoms with Gasteiger partial charge in [-0.15, -0.1) is 0 Å². The Kier molecular flexibility index (Phi) is 4.77. The Bertz CT molecular complexity index is 1520. The summed E-state index contributed by atoms with van der Waals surface area (Å²) in [5.74, 6) is -0.550. The molecule has 0 atom stereocenters. The quantitative estimate of drug-likeness (QED) is 0.379. The molecule has 0 aliphatic heterocycles. The van der Waals surface area contributed by atoms with Gasteiger partial charge < -0.3 is 5.43 Å². The lowest BCUT2D eigenvalue weighted by Gasteiger charge is -2.06. The van der Waals surface area contributed by atoms with Crippen LogP contribution in [0.4, 0.5) is 5.69 Å². The minimum atomic E-state index is -0.561. The van der Waals surface area contributed by atoms with Crippen molar-refractivity contribution in [1.29, 1.82) is 5.26 Å². The maximum absolute atomic E-state index is 13.1. The Morgan fingerprint density at radius 1 is 1.23 bits per heavy atom. The number of imidazole rings is 1. The highest BCUT2D eigenvalue weighted by Gasteiger charge is 2.16. The van der Waals surface area contributed by atoms with E-state index in [1.165, 1.54) is 34.9 Å². The van der Waals surface area contributed by atoms with Crippen LogP contribution in [-0.2, 0) is 0 Å². The van der Waals surface area contributed by atoms with E-state index in [4.69, 9.17) is 0 Å². The zero-order valence-electron chi connectivity index (χ0n) is 16.1. The molecule has 2 aromatic heterocycles. The topological polar surface area (TPSA) is 142 Å². The number of fused-ring (bicyclic) bond motifs is 3. The molecule has 0 unspecified atom stereocenters. The lowest BCUT2D eigenvalue weighted by Crippen LogP contribution is -2.40. The number of non-ortho nitro benzene ring substituents is 1. The number of hydrazine groups is 1. The molecule has 0 saturated carbocycles. The predicted molar refractivity (Wildman–Crippen MR) is 112 cm³/mol. The summed E-state index contributed by atoms with van der Waals surface area (Å²) < 4.78 is 1.37. The molecular weight excluding hydrogens is 400 g/mol. The van der Waals surface area contributed by atoms with E-state index in [2.05, 4.69) is 21.9 Å². The summed E-state index contributed by atoms with van der Waals surface area (Å²) in [7, 11) is 0. The van der Waals surface area contributed by atoms with E-state index in [0.717, 1.165) is 0 Å². The largest absolute Gasteiger partial charge is 0.305 e. The van der Waals surface area contributed by atoms with Crippen LogP contribution >= 0.6 is 0 Å². The number of carbonyl (C=O) groups excluding carboxylic acids is 1. The highest BCUT2D eigenvalue weighted by atomic mass is 16.6. The number of nitrogens with one attached hydrogen (secondary N) is 2. The van der Waals surface area contributed by atoms with Crippen molar-refractivity contribution in [2.75, 3.05) is 0 Å². The highest BCUT2D eigenvalue weighted by molar-refractivity contribution is 5.94. The van der Waals surface area contributed by atoms with Crippen LogP contribution in [0.25, 0.3) is 22.9 Å². The number of para-hydroxylation sites is 2. The fraction of sp³-hybridized carbons (Fsp3) is 0.0476. The zero-order chi connectivity index (χ0) is 22.1. The van der Waals surface area contributed by atoms with Crippen molar-refractivity contribution in [2.45, 2.75) is 6.92 Å². The number of carbonyl (C=O) groups is 1. The second-order valence-corrected chi connectivity index (χ2v) is 6.64. The van der Waals surface area contributed by atoms with E-state index in [-0.39, 0.29) is 27.7 Å². The molecule has 4 rings (SSSR count). The van der Waals surface area contributed by atoms with Crippen molar-refractivity contribution in [3.63, 3.8) is 0 Å². The molecule has 31 heavy (non-hydrogen) atoms. The Morgan fingerprint density at radius 3 is 2.61 bits per heavy atom. The second kappa shape index (κ2) is 7.57. The number of nitro groups is 1. The monoisotopic (exact) mass is 414 g/mol. The van der Waals surface area contributed by atoms with Crippen LogP contribution in [0.1, 0.15) is 21.5 Å². The van der Waals surface area contributed by atoms with Crippen LogP contribution in [-0.4, -0.2) is 20.2 Å². The third-order valence-electron chi connectivity index (χ3n) is 4.85. The van der Waals surface area contributed by atoms with E-state index >= 15 is 0 Å². The average molecular weight is 414 g/mol. The number of rotatable bonds is 4. The fourth-order valence-corrected chi connectivity index (χ4v) is 3.27. The Balaban J connectivity index is 1.71. The zero-order valence-corrected chi connectivity index (χ0v) is 16.1. The first kappa shape index (κ1) is 19.5. The Labute approximate surface area is 174 Å². The Hall–Kier alpha value is -4.78. The van der Waals surface area contributed by atoms with Crippen LogP contribution in [0.3, 0.4) is 0 Å². The number of nitrogens with zero attached hydrogens (tertiary/aromatic N) is 4. The first-order valence-electron chi connectivity index (χ1n) is 9.06. The number of pyridine rings is 1. The van der Waals surface area contributed by atoms with Gasteiger partial charge in [-0.25, -0.2) is 4.98 Å². The Morgan fingerprint density at radius 2 is 1.94 bits per heavy atom. The molecule has 0 spiro atoms. The van der Waals surface area contributed by atoms with Crippen molar-refractivity contribution in [2.24, 2.45) is 0 Å². The molecule has 0 saturated heterocycles. The fourth-order valence-electron chi connectivity index (χ4n) is 3.27. The molecule has 10 heteroatoms. The van der Waals surface area contributed by atoms with Crippen LogP contribution in [0.2, 0.25) is 0 Å². The molecule has 10 nitrogen and oxygen atoms in total. The van der Waals surface area contributed by atoms with Gasteiger partial charge in [0.05, 0.1) is 26.7 Å². The number of aromatic nitrogens is 2. The van der Waals surface area contributed by atoms with Gasteiger partial charge in [0.25, 0.3) is 17.2 Å². The maximum Gasteiger partial charge on any atom is 0.269 e. The molecule has 0 bridgehead atoms. The molecule has 2 aromatic carbocycles. The summed E-state index contributed by atoms with van der Waals surface area (Å²) in [5.41, 5.74) is 6.77. The van der Waals surface area contributed by atoms with Gasteiger partial charge in [0.2, 0.25) is 0 Å². The molecule has 0 fully saturated rings. The number of benzene rings is 2. The molecule has 152 valence electrons. The smallest absolute Gasteiger partial charge is 0.269 e. The number of hydrogen-bond acceptors (Lipinski definition) is 7. The number of nitriles is 1. The lowest BCUT2D eigenvalue weighted by atomic mass is 10.1. The van der Waals surface area contributed by atoms with E-state index < -0.39 is 16.4 Å². The minimum absolute atomic E-state index is 0.132. The third kappa shape index (κ3) is 3.30. The minimum Gasteiger partial charge on any atom is -0.305 e. The van der Waals surface area contributed by atoms with Gasteiger partial charge in [-0.3, -0.25) is 29.5 Å². The standard InChI is InChI=1S/C21H14N6O4/c1-12-15(10-22)19-24-17-4-2-3-5-18(17)26(19)21(29)16(12)11-23-25-20(28)13-6-8-14(9-7-13)27(30)31/h2-9,11,23H,1H3,(H,25,28). The molecule has 2 heterocycles. The molecule has 0 aliphatic rings. The van der Waals surface area contributed by atoms with Crippen LogP contribution in [0.5, 0.6) is 0 Å². The van der Waals surface area contributed by atoms with Crippen LogP contribution in [0, 0.1) is 28.4 Å². The summed E-state index contributed by atoms with van der Waals surface area (Å²) in [5, 5.41) is 20.5. The molecular formula is C21H14N6O4. The van der Waals surface area contributed by atoms with Gasteiger partial charge in [-0.2, -0.15) is 5.26 Å². The van der Waals surface area contributed by atoms with Gasteiger partial charge in [0, 0.05) is 23.9 Å². The molecule has 0 radical (unpaired) electrons. The molecule has 0 aliphatic carbocycles. The summed E-state index contributed by atoms with van der Waals surface area (Å²) in [6.45, 7) is 1.63. The second-order valence-electron chi connectivity index (χ2n) is 6.64. The molecule has 4 aromatic rings. The van der Waals surface area contributed by atoms with E-state index in [1.807, 2.05) is 0 Å². The van der Waals surface area contributed by atoms with Gasteiger partial charge in [0.15, 0.2) is 5.65 Å². The number of nitro benzene ring substituents is 1. The SMILES string of the molecule is Cc1c(C#N)c2nc3ccccc3n2c(=O)c1=CNNC(=O)c1ccc([N+](=O)[O-])cc1. The predicted octanol–water partition coefficient (Wildman–Crippen LogP) is 1.33.